The number of nitrogens with zero attached hydrogens (tertiary/aromatic N) is 5. The molecule has 36 heavy (non-hydrogen) atoms. The molecule has 0 radical (unpaired) electrons. The quantitative estimate of drug-likeness (QED) is 0.260. The first-order valence-corrected chi connectivity index (χ1v) is 12.6. The van der Waals surface area contributed by atoms with Crippen molar-refractivity contribution in [3.8, 4) is 5.75 Å². The minimum Gasteiger partial charge on any atom is -0.468 e. The van der Waals surface area contributed by atoms with E-state index >= 15 is 0 Å². The van der Waals surface area contributed by atoms with Crippen LogP contribution in [0.15, 0.2) is 50.1 Å². The third-order valence-corrected chi connectivity index (χ3v) is 6.76. The number of benzene rings is 1. The molecule has 0 atom stereocenters. The van der Waals surface area contributed by atoms with Crippen LogP contribution in [0.2, 0.25) is 0 Å². The zero-order valence-electron chi connectivity index (χ0n) is 21.0. The number of rotatable bonds is 11. The Balaban J connectivity index is 1.77. The van der Waals surface area contributed by atoms with Gasteiger partial charge in [-0.2, -0.15) is 0 Å². The Bertz CT molecular complexity index is 1170. The molecule has 3 rings (SSSR count). The van der Waals surface area contributed by atoms with E-state index in [4.69, 9.17) is 4.74 Å². The normalized spacial score (nSPS) is 15.9. The second-order valence-corrected chi connectivity index (χ2v) is 9.38. The molecule has 1 fully saturated rings. The molecule has 2 heterocycles. The predicted molar refractivity (Wildman–Crippen MR) is 146 cm³/mol. The van der Waals surface area contributed by atoms with Gasteiger partial charge in [0.05, 0.1) is 11.4 Å². The molecule has 2 aromatic rings. The number of ether oxygens (including phenoxy) is 1. The molecule has 2 N–H and O–H groups in total. The van der Waals surface area contributed by atoms with Crippen molar-refractivity contribution in [2.24, 2.45) is 15.0 Å². The molecule has 0 saturated carbocycles. The van der Waals surface area contributed by atoms with E-state index in [1.165, 1.54) is 0 Å². The molecular weight excluding hydrogens is 484 g/mol. The zero-order valence-corrected chi connectivity index (χ0v) is 21.8. The Kier molecular flexibility index (Phi) is 10.1. The monoisotopic (exact) mass is 517 g/mol. The van der Waals surface area contributed by atoms with E-state index in [1.54, 1.807) is 37.0 Å². The Hall–Kier alpha value is -3.18. The van der Waals surface area contributed by atoms with Gasteiger partial charge in [-0.1, -0.05) is 6.92 Å². The summed E-state index contributed by atoms with van der Waals surface area (Å²) in [5, 5.41) is 3.39. The summed E-state index contributed by atoms with van der Waals surface area (Å²) in [5.41, 5.74) is 0.787. The Morgan fingerprint density at radius 2 is 2.00 bits per heavy atom. The smallest absolute Gasteiger partial charge is 0.181 e. The molecular formula is C25H33F2N7OS. The summed E-state index contributed by atoms with van der Waals surface area (Å²) in [6.45, 7) is 14.0. The van der Waals surface area contributed by atoms with Crippen molar-refractivity contribution in [2.75, 3.05) is 45.8 Å². The highest BCUT2D eigenvalue weighted by atomic mass is 32.2. The van der Waals surface area contributed by atoms with Crippen molar-refractivity contribution < 1.29 is 13.5 Å². The van der Waals surface area contributed by atoms with E-state index < -0.39 is 11.6 Å². The van der Waals surface area contributed by atoms with Gasteiger partial charge in [-0.15, -0.1) is 11.8 Å². The highest BCUT2D eigenvalue weighted by molar-refractivity contribution is 8.03. The van der Waals surface area contributed by atoms with E-state index in [-0.39, 0.29) is 23.4 Å². The molecule has 0 aliphatic carbocycles. The van der Waals surface area contributed by atoms with Crippen LogP contribution in [-0.2, 0) is 0 Å². The van der Waals surface area contributed by atoms with Crippen LogP contribution in [0.5, 0.6) is 5.75 Å². The van der Waals surface area contributed by atoms with Crippen molar-refractivity contribution >= 4 is 41.9 Å². The van der Waals surface area contributed by atoms with Crippen LogP contribution in [0.3, 0.4) is 0 Å². The summed E-state index contributed by atoms with van der Waals surface area (Å²) in [4.78, 5) is 20.7. The molecule has 1 aromatic heterocycles. The number of amidine groups is 1. The summed E-state index contributed by atoms with van der Waals surface area (Å²) < 4.78 is 34.9. The van der Waals surface area contributed by atoms with Gasteiger partial charge < -0.3 is 24.8 Å². The van der Waals surface area contributed by atoms with Crippen LogP contribution in [0, 0.1) is 18.6 Å². The van der Waals surface area contributed by atoms with Crippen LogP contribution in [-0.4, -0.2) is 79.9 Å². The number of aryl methyl sites for hydroxylation is 1. The minimum absolute atomic E-state index is 0.123. The number of aromatic nitrogens is 1. The zero-order chi connectivity index (χ0) is 26.1. The number of hydrogen-bond donors (Lipinski definition) is 2. The molecule has 11 heteroatoms. The van der Waals surface area contributed by atoms with E-state index in [2.05, 4.69) is 55.6 Å². The van der Waals surface area contributed by atoms with Crippen LogP contribution in [0.1, 0.15) is 19.0 Å². The fourth-order valence-corrected chi connectivity index (χ4v) is 4.45. The summed E-state index contributed by atoms with van der Waals surface area (Å²) in [7, 11) is 2.07. The second kappa shape index (κ2) is 13.2. The standard InChI is InChI=1S/C25H33F2N7OS/c1-6-18(14-28-3)36-16-31-22(29-4)13-23(34-9-7-33(5)8-10-34)30-15-35-21-12-20(26)25-19(24(21)27)11-17(2)32-25/h11-14,31-32H,3-4,6-10,15-16H2,1-2,5H3/b18-14-,22-13+,30-23+. The first kappa shape index (κ1) is 27.4. The second-order valence-electron chi connectivity index (χ2n) is 8.28. The van der Waals surface area contributed by atoms with Gasteiger partial charge >= 0.3 is 0 Å². The fourth-order valence-electron chi connectivity index (χ4n) is 3.69. The number of fused-ring (bicyclic) bond motifs is 1. The maximum Gasteiger partial charge on any atom is 0.181 e. The van der Waals surface area contributed by atoms with Gasteiger partial charge in [0.15, 0.2) is 24.1 Å². The van der Waals surface area contributed by atoms with E-state index in [9.17, 15) is 8.78 Å². The van der Waals surface area contributed by atoms with Gasteiger partial charge in [-0.25, -0.2) is 18.8 Å². The molecule has 1 aromatic carbocycles. The Morgan fingerprint density at radius 3 is 2.67 bits per heavy atom. The van der Waals surface area contributed by atoms with E-state index in [0.717, 1.165) is 43.6 Å². The number of H-pyrrole nitrogens is 1. The number of halogens is 2. The van der Waals surface area contributed by atoms with Crippen LogP contribution < -0.4 is 10.1 Å². The Labute approximate surface area is 214 Å². The summed E-state index contributed by atoms with van der Waals surface area (Å²) in [6.07, 6.45) is 4.38. The topological polar surface area (TPSA) is 80.6 Å². The molecule has 0 unspecified atom stereocenters. The van der Waals surface area contributed by atoms with Crippen LogP contribution in [0.25, 0.3) is 10.9 Å². The highest BCUT2D eigenvalue weighted by Crippen LogP contribution is 2.29. The molecule has 1 aliphatic rings. The molecule has 1 saturated heterocycles. The highest BCUT2D eigenvalue weighted by Gasteiger charge is 2.18. The molecule has 1 aliphatic heterocycles. The molecule has 0 amide bonds. The van der Waals surface area contributed by atoms with Gasteiger partial charge in [-0.3, -0.25) is 4.99 Å². The number of likely N-dealkylation sites (N-methyl/N-ethyl adjacent to an activating group) is 1. The number of nitrogens with one attached hydrogen (secondary N) is 2. The molecule has 0 bridgehead atoms. The summed E-state index contributed by atoms with van der Waals surface area (Å²) >= 11 is 1.60. The lowest BCUT2D eigenvalue weighted by atomic mass is 10.2. The first-order chi connectivity index (χ1) is 17.4. The van der Waals surface area contributed by atoms with Crippen molar-refractivity contribution in [1.82, 2.24) is 20.1 Å². The van der Waals surface area contributed by atoms with Crippen molar-refractivity contribution in [3.05, 3.63) is 52.5 Å². The SMILES string of the molecule is C=N/C=C(/CC)SCN/C(=C/C(=N\COc1cc(F)c2[nH]c(C)cc2c1F)N1CCN(C)CC1)N=C. The largest absolute Gasteiger partial charge is 0.468 e. The lowest BCUT2D eigenvalue weighted by Crippen LogP contribution is -2.47. The number of allylic oxidation sites excluding steroid dienone is 1. The average molecular weight is 518 g/mol. The predicted octanol–water partition coefficient (Wildman–Crippen LogP) is 4.51. The van der Waals surface area contributed by atoms with E-state index in [0.29, 0.717) is 23.2 Å². The number of piperazine rings is 1. The first-order valence-electron chi connectivity index (χ1n) is 11.6. The summed E-state index contributed by atoms with van der Waals surface area (Å²) in [6, 6.07) is 2.60. The van der Waals surface area contributed by atoms with Gasteiger partial charge in [-0.05, 0) is 39.9 Å². The summed E-state index contributed by atoms with van der Waals surface area (Å²) in [5.74, 6) is 0.349. The third-order valence-electron chi connectivity index (χ3n) is 5.71. The molecule has 194 valence electrons. The number of hydrogen-bond acceptors (Lipinski definition) is 7. The fraction of sp³-hybridized carbons (Fsp3) is 0.400. The van der Waals surface area contributed by atoms with Crippen molar-refractivity contribution in [2.45, 2.75) is 20.3 Å². The minimum atomic E-state index is -0.622. The van der Waals surface area contributed by atoms with Crippen molar-refractivity contribution in [3.63, 3.8) is 0 Å². The van der Waals surface area contributed by atoms with Crippen molar-refractivity contribution in [1.29, 1.82) is 0 Å². The third kappa shape index (κ3) is 7.17. The maximum absolute atomic E-state index is 14.9. The lowest BCUT2D eigenvalue weighted by molar-refractivity contribution is 0.214. The lowest BCUT2D eigenvalue weighted by Gasteiger charge is -2.33. The van der Waals surface area contributed by atoms with Crippen LogP contribution in [0.4, 0.5) is 8.78 Å². The maximum atomic E-state index is 14.9. The number of aliphatic imine (C=N–C) groups is 3. The van der Waals surface area contributed by atoms with Gasteiger partial charge in [0.2, 0.25) is 0 Å². The number of aromatic amines is 1. The van der Waals surface area contributed by atoms with Gasteiger partial charge in [0.1, 0.15) is 11.7 Å². The molecule has 8 nitrogen and oxygen atoms in total. The number of thioether (sulfide) groups is 1. The molecule has 0 spiro atoms. The van der Waals surface area contributed by atoms with Gasteiger partial charge in [0, 0.05) is 60.5 Å². The van der Waals surface area contributed by atoms with Gasteiger partial charge in [0.25, 0.3) is 0 Å². The van der Waals surface area contributed by atoms with Crippen LogP contribution >= 0.6 is 11.8 Å². The van der Waals surface area contributed by atoms with E-state index in [1.807, 2.05) is 6.92 Å². The average Bonchev–Trinajstić information content (AvgIpc) is 3.27. The Morgan fingerprint density at radius 1 is 1.25 bits per heavy atom.